The summed E-state index contributed by atoms with van der Waals surface area (Å²) in [5, 5.41) is 3.99. The number of aromatic nitrogens is 2. The molecular weight excluding hydrogens is 427 g/mol. The molecule has 1 aliphatic carbocycles. The molecule has 11 heteroatoms. The molecule has 1 aromatic heterocycles. The highest BCUT2D eigenvalue weighted by atomic mass is 32.1. The summed E-state index contributed by atoms with van der Waals surface area (Å²) in [6.45, 7) is 3.70. The number of amidine groups is 1. The maximum absolute atomic E-state index is 15.3. The molecule has 166 valence electrons. The molecule has 2 unspecified atom stereocenters. The van der Waals surface area contributed by atoms with Gasteiger partial charge in [-0.25, -0.2) is 19.2 Å². The SMILES string of the molecule is C=CC(=O)OCCCCOC1(F)C=CC=C(N2C(c3ncc(OC)cn3)=NOC2S)C1. The van der Waals surface area contributed by atoms with Crippen molar-refractivity contribution in [2.24, 2.45) is 5.16 Å². The van der Waals surface area contributed by atoms with E-state index in [0.29, 0.717) is 30.1 Å². The Kier molecular flexibility index (Phi) is 7.64. The number of unbranched alkanes of at least 4 members (excludes halogenated alkanes) is 1. The number of oxime groups is 1. The van der Waals surface area contributed by atoms with Crippen LogP contribution in [0.5, 0.6) is 5.75 Å². The lowest BCUT2D eigenvalue weighted by molar-refractivity contribution is -0.138. The third kappa shape index (κ3) is 5.82. The van der Waals surface area contributed by atoms with Crippen LogP contribution in [-0.2, 0) is 19.1 Å². The van der Waals surface area contributed by atoms with Crippen molar-refractivity contribution in [1.82, 2.24) is 14.9 Å². The van der Waals surface area contributed by atoms with E-state index in [1.807, 2.05) is 0 Å². The average Bonchev–Trinajstić information content (AvgIpc) is 3.17. The van der Waals surface area contributed by atoms with Crippen LogP contribution in [0.2, 0.25) is 0 Å². The van der Waals surface area contributed by atoms with Crippen LogP contribution >= 0.6 is 12.6 Å². The summed E-state index contributed by atoms with van der Waals surface area (Å²) in [7, 11) is 1.51. The number of thiol groups is 1. The molecule has 1 aliphatic heterocycles. The minimum atomic E-state index is -2.01. The Balaban J connectivity index is 1.58. The number of methoxy groups -OCH3 is 1. The molecule has 3 rings (SSSR count). The van der Waals surface area contributed by atoms with Crippen LogP contribution in [0.1, 0.15) is 25.1 Å². The Morgan fingerprint density at radius 3 is 2.87 bits per heavy atom. The number of alkyl halides is 1. The number of carbonyl (C=O) groups is 1. The van der Waals surface area contributed by atoms with Gasteiger partial charge in [0.15, 0.2) is 11.6 Å². The summed E-state index contributed by atoms with van der Waals surface area (Å²) in [5.74, 6) is -1.42. The highest BCUT2D eigenvalue weighted by Gasteiger charge is 2.39. The number of esters is 1. The molecule has 0 fully saturated rings. The van der Waals surface area contributed by atoms with Crippen LogP contribution in [-0.4, -0.2) is 58.4 Å². The zero-order valence-corrected chi connectivity index (χ0v) is 17.8. The quantitative estimate of drug-likeness (QED) is 0.252. The van der Waals surface area contributed by atoms with Crippen molar-refractivity contribution >= 4 is 24.4 Å². The summed E-state index contributed by atoms with van der Waals surface area (Å²) in [5.41, 5.74) is -0.220. The fraction of sp³-hybridized carbons (Fsp3) is 0.400. The van der Waals surface area contributed by atoms with Gasteiger partial charge in [0.2, 0.25) is 17.3 Å². The largest absolute Gasteiger partial charge is 0.494 e. The van der Waals surface area contributed by atoms with Crippen molar-refractivity contribution in [3.05, 3.63) is 54.8 Å². The van der Waals surface area contributed by atoms with Gasteiger partial charge in [0.25, 0.3) is 0 Å². The summed E-state index contributed by atoms with van der Waals surface area (Å²) in [4.78, 5) is 26.3. The van der Waals surface area contributed by atoms with E-state index in [2.05, 4.69) is 34.3 Å². The smallest absolute Gasteiger partial charge is 0.330 e. The highest BCUT2D eigenvalue weighted by Crippen LogP contribution is 2.34. The fourth-order valence-corrected chi connectivity index (χ4v) is 3.17. The van der Waals surface area contributed by atoms with E-state index in [1.165, 1.54) is 25.6 Å². The molecule has 0 aromatic carbocycles. The highest BCUT2D eigenvalue weighted by molar-refractivity contribution is 7.80. The molecule has 2 heterocycles. The van der Waals surface area contributed by atoms with Gasteiger partial charge < -0.3 is 19.0 Å². The number of nitrogens with zero attached hydrogens (tertiary/aromatic N) is 4. The maximum Gasteiger partial charge on any atom is 0.330 e. The molecule has 9 nitrogen and oxygen atoms in total. The van der Waals surface area contributed by atoms with Crippen molar-refractivity contribution in [3.8, 4) is 5.75 Å². The van der Waals surface area contributed by atoms with Gasteiger partial charge >= 0.3 is 5.97 Å². The van der Waals surface area contributed by atoms with E-state index in [4.69, 9.17) is 19.0 Å². The Hall–Kier alpha value is -2.92. The van der Waals surface area contributed by atoms with E-state index >= 15 is 4.39 Å². The van der Waals surface area contributed by atoms with Crippen LogP contribution in [0.25, 0.3) is 0 Å². The zero-order valence-electron chi connectivity index (χ0n) is 16.9. The van der Waals surface area contributed by atoms with Crippen LogP contribution in [0.3, 0.4) is 0 Å². The lowest BCUT2D eigenvalue weighted by atomic mass is 10.0. The predicted octanol–water partition coefficient (Wildman–Crippen LogP) is 2.73. The molecule has 0 saturated heterocycles. The van der Waals surface area contributed by atoms with Crippen molar-refractivity contribution in [2.75, 3.05) is 20.3 Å². The van der Waals surface area contributed by atoms with Crippen molar-refractivity contribution in [1.29, 1.82) is 0 Å². The maximum atomic E-state index is 15.3. The Morgan fingerprint density at radius 2 is 2.16 bits per heavy atom. The van der Waals surface area contributed by atoms with Gasteiger partial charge in [0.1, 0.15) is 0 Å². The van der Waals surface area contributed by atoms with E-state index in [-0.39, 0.29) is 25.5 Å². The van der Waals surface area contributed by atoms with Crippen LogP contribution in [0.4, 0.5) is 4.39 Å². The molecule has 0 radical (unpaired) electrons. The summed E-state index contributed by atoms with van der Waals surface area (Å²) >= 11 is 4.37. The molecule has 0 amide bonds. The minimum Gasteiger partial charge on any atom is -0.494 e. The molecule has 0 bridgehead atoms. The number of hydrogen-bond donors (Lipinski definition) is 1. The summed E-state index contributed by atoms with van der Waals surface area (Å²) < 4.78 is 30.7. The van der Waals surface area contributed by atoms with E-state index < -0.39 is 17.4 Å². The fourth-order valence-electron chi connectivity index (χ4n) is 2.87. The molecule has 31 heavy (non-hydrogen) atoms. The number of halogens is 1. The Labute approximate surface area is 184 Å². The van der Waals surface area contributed by atoms with Crippen LogP contribution in [0, 0.1) is 0 Å². The van der Waals surface area contributed by atoms with Gasteiger partial charge in [-0.15, -0.1) is 12.6 Å². The lowest BCUT2D eigenvalue weighted by Gasteiger charge is -2.31. The second-order valence-corrected chi connectivity index (χ2v) is 7.01. The standard InChI is InChI=1S/C20H23FN4O5S/c1-3-16(26)28-9-4-5-10-29-20(21)8-6-7-14(11-20)25-18(24-30-19(25)31)17-22-12-15(27-2)13-23-17/h3,6-8,12-13,19,31H,1,4-5,9-11H2,2H3. The number of carbonyl (C=O) groups excluding carboxylic acids is 1. The zero-order chi connectivity index (χ0) is 22.3. The Bertz CT molecular complexity index is 892. The molecular formula is C20H23FN4O5S. The monoisotopic (exact) mass is 450 g/mol. The van der Waals surface area contributed by atoms with Crippen LogP contribution in [0.15, 0.2) is 54.1 Å². The third-order valence-electron chi connectivity index (χ3n) is 4.40. The van der Waals surface area contributed by atoms with Gasteiger partial charge in [-0.1, -0.05) is 17.8 Å². The van der Waals surface area contributed by atoms with Gasteiger partial charge in [0.05, 0.1) is 39.1 Å². The minimum absolute atomic E-state index is 0.0788. The van der Waals surface area contributed by atoms with E-state index in [0.717, 1.165) is 6.08 Å². The molecule has 1 aromatic rings. The number of rotatable bonds is 10. The topological polar surface area (TPSA) is 95.4 Å². The first-order valence-corrected chi connectivity index (χ1v) is 10.1. The lowest BCUT2D eigenvalue weighted by Crippen LogP contribution is -2.38. The molecule has 2 aliphatic rings. The molecule has 0 spiro atoms. The first-order chi connectivity index (χ1) is 15.0. The number of ether oxygens (including phenoxy) is 3. The van der Waals surface area contributed by atoms with Crippen molar-refractivity contribution < 1.29 is 28.2 Å². The predicted molar refractivity (Wildman–Crippen MR) is 113 cm³/mol. The summed E-state index contributed by atoms with van der Waals surface area (Å²) in [6.07, 6.45) is 9.73. The molecule has 2 atom stereocenters. The normalized spacial score (nSPS) is 22.4. The second kappa shape index (κ2) is 10.4. The van der Waals surface area contributed by atoms with E-state index in [9.17, 15) is 4.79 Å². The van der Waals surface area contributed by atoms with Gasteiger partial charge in [-0.3, -0.25) is 4.90 Å². The van der Waals surface area contributed by atoms with Gasteiger partial charge in [0, 0.05) is 11.8 Å². The van der Waals surface area contributed by atoms with Gasteiger partial charge in [-0.2, -0.15) is 0 Å². The number of allylic oxidation sites excluding steroid dienone is 2. The third-order valence-corrected chi connectivity index (χ3v) is 4.73. The second-order valence-electron chi connectivity index (χ2n) is 6.57. The first kappa shape index (κ1) is 22.8. The first-order valence-electron chi connectivity index (χ1n) is 9.54. The average molecular weight is 450 g/mol. The van der Waals surface area contributed by atoms with Crippen molar-refractivity contribution in [2.45, 2.75) is 30.7 Å². The van der Waals surface area contributed by atoms with E-state index in [1.54, 1.807) is 17.1 Å². The molecule has 0 saturated carbocycles. The number of hydrogen-bond acceptors (Lipinski definition) is 10. The van der Waals surface area contributed by atoms with Crippen LogP contribution < -0.4 is 4.74 Å². The molecule has 0 N–H and O–H groups in total. The van der Waals surface area contributed by atoms with Gasteiger partial charge in [-0.05, 0) is 25.0 Å². The van der Waals surface area contributed by atoms with Crippen molar-refractivity contribution in [3.63, 3.8) is 0 Å². The Morgan fingerprint density at radius 1 is 1.42 bits per heavy atom. The summed E-state index contributed by atoms with van der Waals surface area (Å²) in [6, 6.07) is 0.